The molecule has 1 fully saturated rings. The number of nitrogens with zero attached hydrogens (tertiary/aromatic N) is 3. The minimum atomic E-state index is -1.82. The molecule has 35 heavy (non-hydrogen) atoms. The molecule has 3 N–H and O–H groups in total. The van der Waals surface area contributed by atoms with E-state index in [9.17, 15) is 9.59 Å². The van der Waals surface area contributed by atoms with Crippen LogP contribution in [0.15, 0.2) is 51.6 Å². The maximum Gasteiger partial charge on any atom is 0.414 e. The van der Waals surface area contributed by atoms with E-state index in [1.807, 2.05) is 4.90 Å². The molecule has 0 spiro atoms. The molecule has 1 aromatic carbocycles. The van der Waals surface area contributed by atoms with Crippen LogP contribution in [0.3, 0.4) is 0 Å². The summed E-state index contributed by atoms with van der Waals surface area (Å²) < 4.78 is 15.5. The third-order valence-corrected chi connectivity index (χ3v) is 4.72. The number of aliphatic carboxylic acids is 2. The van der Waals surface area contributed by atoms with E-state index in [0.29, 0.717) is 48.4 Å². The van der Waals surface area contributed by atoms with Gasteiger partial charge in [0.2, 0.25) is 17.6 Å². The number of likely N-dealkylation sites (tertiary alicyclic amines) is 1. The SMILES string of the molecule is CCOC(=O)c1ccc(NC(=O)CN2CC(c3nc(-c4ccco4)no3)C2)cc1.O=C(O)C(=O)O. The number of aromatic nitrogens is 2. The first-order valence-corrected chi connectivity index (χ1v) is 10.4. The van der Waals surface area contributed by atoms with Crippen LogP contribution in [0.2, 0.25) is 0 Å². The Morgan fingerprint density at radius 1 is 1.11 bits per heavy atom. The predicted octanol–water partition coefficient (Wildman–Crippen LogP) is 1.70. The van der Waals surface area contributed by atoms with Gasteiger partial charge in [0.05, 0.1) is 30.9 Å². The lowest BCUT2D eigenvalue weighted by Crippen LogP contribution is -2.48. The first-order valence-electron chi connectivity index (χ1n) is 10.4. The third kappa shape index (κ3) is 6.98. The zero-order valence-electron chi connectivity index (χ0n) is 18.5. The van der Waals surface area contributed by atoms with Crippen molar-refractivity contribution in [2.45, 2.75) is 12.8 Å². The highest BCUT2D eigenvalue weighted by atomic mass is 16.5. The van der Waals surface area contributed by atoms with E-state index in [2.05, 4.69) is 15.5 Å². The zero-order chi connectivity index (χ0) is 25.4. The van der Waals surface area contributed by atoms with Gasteiger partial charge in [0.15, 0.2) is 5.76 Å². The number of carbonyl (C=O) groups is 4. The summed E-state index contributed by atoms with van der Waals surface area (Å²) in [6.45, 7) is 3.66. The molecule has 2 aromatic heterocycles. The first kappa shape index (κ1) is 25.1. The second-order valence-electron chi connectivity index (χ2n) is 7.28. The average molecular weight is 486 g/mol. The highest BCUT2D eigenvalue weighted by Crippen LogP contribution is 2.27. The molecule has 0 aliphatic carbocycles. The molecule has 0 unspecified atom stereocenters. The van der Waals surface area contributed by atoms with Crippen LogP contribution >= 0.6 is 0 Å². The molecule has 4 rings (SSSR count). The van der Waals surface area contributed by atoms with Gasteiger partial charge < -0.3 is 29.2 Å². The van der Waals surface area contributed by atoms with Crippen molar-refractivity contribution in [2.24, 2.45) is 0 Å². The number of hydrogen-bond acceptors (Lipinski definition) is 10. The monoisotopic (exact) mass is 486 g/mol. The zero-order valence-corrected chi connectivity index (χ0v) is 18.5. The average Bonchev–Trinajstić information content (AvgIpc) is 3.49. The molecule has 1 aliphatic heterocycles. The molecular formula is C22H22N4O9. The van der Waals surface area contributed by atoms with E-state index in [1.165, 1.54) is 0 Å². The number of benzene rings is 1. The van der Waals surface area contributed by atoms with Crippen molar-refractivity contribution in [1.29, 1.82) is 0 Å². The van der Waals surface area contributed by atoms with E-state index in [4.69, 9.17) is 33.5 Å². The topological polar surface area (TPSA) is 185 Å². The summed E-state index contributed by atoms with van der Waals surface area (Å²) in [5.74, 6) is -2.53. The smallest absolute Gasteiger partial charge is 0.414 e. The highest BCUT2D eigenvalue weighted by molar-refractivity contribution is 6.27. The van der Waals surface area contributed by atoms with Gasteiger partial charge in [0.1, 0.15) is 0 Å². The Morgan fingerprint density at radius 2 is 1.80 bits per heavy atom. The molecule has 0 atom stereocenters. The normalized spacial score (nSPS) is 13.2. The van der Waals surface area contributed by atoms with Gasteiger partial charge in [0, 0.05) is 18.8 Å². The van der Waals surface area contributed by atoms with Gasteiger partial charge in [0.25, 0.3) is 0 Å². The largest absolute Gasteiger partial charge is 0.473 e. The molecule has 13 heteroatoms. The lowest BCUT2D eigenvalue weighted by molar-refractivity contribution is -0.159. The van der Waals surface area contributed by atoms with Crippen molar-refractivity contribution in [3.8, 4) is 11.6 Å². The van der Waals surface area contributed by atoms with Gasteiger partial charge in [-0.05, 0) is 43.3 Å². The fourth-order valence-electron chi connectivity index (χ4n) is 3.07. The van der Waals surface area contributed by atoms with Crippen LogP contribution in [-0.2, 0) is 19.1 Å². The maximum atomic E-state index is 12.2. The molecular weight excluding hydrogens is 464 g/mol. The molecule has 0 radical (unpaired) electrons. The van der Waals surface area contributed by atoms with Crippen LogP contribution in [0.5, 0.6) is 0 Å². The number of ether oxygens (including phenoxy) is 1. The molecule has 3 heterocycles. The third-order valence-electron chi connectivity index (χ3n) is 4.72. The number of carboxylic acids is 2. The van der Waals surface area contributed by atoms with Crippen molar-refractivity contribution in [2.75, 3.05) is 31.6 Å². The number of hydrogen-bond donors (Lipinski definition) is 3. The highest BCUT2D eigenvalue weighted by Gasteiger charge is 2.33. The van der Waals surface area contributed by atoms with Gasteiger partial charge in [-0.1, -0.05) is 5.16 Å². The summed E-state index contributed by atoms with van der Waals surface area (Å²) >= 11 is 0. The second kappa shape index (κ2) is 11.6. The minimum Gasteiger partial charge on any atom is -0.473 e. The molecule has 1 aliphatic rings. The van der Waals surface area contributed by atoms with Crippen LogP contribution in [0.4, 0.5) is 5.69 Å². The van der Waals surface area contributed by atoms with Crippen molar-refractivity contribution >= 4 is 29.5 Å². The Kier molecular flexibility index (Phi) is 8.29. The molecule has 1 saturated heterocycles. The number of carbonyl (C=O) groups excluding carboxylic acids is 2. The quantitative estimate of drug-likeness (QED) is 0.325. The maximum absolute atomic E-state index is 12.2. The van der Waals surface area contributed by atoms with E-state index < -0.39 is 11.9 Å². The fourth-order valence-corrected chi connectivity index (χ4v) is 3.07. The molecule has 184 valence electrons. The summed E-state index contributed by atoms with van der Waals surface area (Å²) in [5, 5.41) is 21.5. The number of amides is 1. The second-order valence-corrected chi connectivity index (χ2v) is 7.28. The van der Waals surface area contributed by atoms with Gasteiger partial charge >= 0.3 is 17.9 Å². The standard InChI is InChI=1S/C20H20N4O5.C2H2O4/c1-2-27-20(26)13-5-7-15(8-6-13)21-17(25)12-24-10-14(11-24)19-22-18(23-29-19)16-4-3-9-28-16;3-1(4)2(5)6/h3-9,14H,2,10-12H2,1H3,(H,21,25);(H,3,4)(H,5,6). The van der Waals surface area contributed by atoms with Crippen LogP contribution in [0.25, 0.3) is 11.6 Å². The number of nitrogens with one attached hydrogen (secondary N) is 1. The van der Waals surface area contributed by atoms with Crippen molar-refractivity contribution in [1.82, 2.24) is 15.0 Å². The number of carboxylic acid groups (broad SMARTS) is 2. The van der Waals surface area contributed by atoms with Crippen molar-refractivity contribution < 1.29 is 43.1 Å². The Labute approximate surface area is 198 Å². The van der Waals surface area contributed by atoms with Gasteiger partial charge in [-0.25, -0.2) is 14.4 Å². The van der Waals surface area contributed by atoms with E-state index in [0.717, 1.165) is 0 Å². The van der Waals surface area contributed by atoms with Crippen LogP contribution in [-0.4, -0.2) is 75.3 Å². The van der Waals surface area contributed by atoms with Crippen molar-refractivity contribution in [3.63, 3.8) is 0 Å². The summed E-state index contributed by atoms with van der Waals surface area (Å²) in [5.41, 5.74) is 1.07. The molecule has 1 amide bonds. The van der Waals surface area contributed by atoms with Crippen LogP contribution in [0, 0.1) is 0 Å². The Bertz CT molecular complexity index is 1150. The summed E-state index contributed by atoms with van der Waals surface area (Å²) in [6, 6.07) is 10.1. The molecule has 13 nitrogen and oxygen atoms in total. The number of rotatable bonds is 7. The Morgan fingerprint density at radius 3 is 2.37 bits per heavy atom. The number of anilines is 1. The summed E-state index contributed by atoms with van der Waals surface area (Å²) in [4.78, 5) is 48.4. The predicted molar refractivity (Wildman–Crippen MR) is 117 cm³/mol. The number of furan rings is 1. The van der Waals surface area contributed by atoms with Gasteiger partial charge in [-0.15, -0.1) is 0 Å². The van der Waals surface area contributed by atoms with Crippen LogP contribution < -0.4 is 5.32 Å². The number of esters is 1. The Hall–Kier alpha value is -4.52. The van der Waals surface area contributed by atoms with E-state index in [1.54, 1.807) is 49.6 Å². The van der Waals surface area contributed by atoms with Gasteiger partial charge in [-0.2, -0.15) is 4.98 Å². The minimum absolute atomic E-state index is 0.0999. The molecule has 0 saturated carbocycles. The fraction of sp³-hybridized carbons (Fsp3) is 0.273. The molecule has 0 bridgehead atoms. The van der Waals surface area contributed by atoms with Gasteiger partial charge in [-0.3, -0.25) is 9.69 Å². The lowest BCUT2D eigenvalue weighted by atomic mass is 10.0. The molecule has 3 aromatic rings. The summed E-state index contributed by atoms with van der Waals surface area (Å²) in [6.07, 6.45) is 1.56. The Balaban J connectivity index is 0.000000509. The first-order chi connectivity index (χ1) is 16.8. The van der Waals surface area contributed by atoms with Crippen molar-refractivity contribution in [3.05, 3.63) is 54.1 Å². The van der Waals surface area contributed by atoms with E-state index in [-0.39, 0.29) is 24.3 Å². The summed E-state index contributed by atoms with van der Waals surface area (Å²) in [7, 11) is 0. The lowest BCUT2D eigenvalue weighted by Gasteiger charge is -2.36. The van der Waals surface area contributed by atoms with Crippen LogP contribution in [0.1, 0.15) is 29.1 Å². The van der Waals surface area contributed by atoms with E-state index >= 15 is 0 Å².